The summed E-state index contributed by atoms with van der Waals surface area (Å²) in [5.41, 5.74) is 0. The van der Waals surface area contributed by atoms with Crippen LogP contribution in [0.2, 0.25) is 0 Å². The van der Waals surface area contributed by atoms with Crippen molar-refractivity contribution in [1.29, 1.82) is 0 Å². The molecule has 0 rings (SSSR count). The predicted molar refractivity (Wildman–Crippen MR) is 42.5 cm³/mol. The van der Waals surface area contributed by atoms with Crippen molar-refractivity contribution in [3.05, 3.63) is 0 Å². The van der Waals surface area contributed by atoms with Crippen LogP contribution in [0, 0.1) is 0 Å². The van der Waals surface area contributed by atoms with Crippen molar-refractivity contribution in [3.63, 3.8) is 0 Å². The van der Waals surface area contributed by atoms with Crippen molar-refractivity contribution in [2.45, 2.75) is 4.71 Å². The van der Waals surface area contributed by atoms with Gasteiger partial charge in [-0.2, -0.15) is 16.8 Å². The molecule has 0 radical (unpaired) electrons. The van der Waals surface area contributed by atoms with Crippen LogP contribution in [0.25, 0.3) is 0 Å². The second kappa shape index (κ2) is 4.18. The molecule has 0 aliphatic rings. The molecule has 0 aliphatic carbocycles. The van der Waals surface area contributed by atoms with Gasteiger partial charge < -0.3 is 5.11 Å². The molecule has 0 saturated carbocycles. The van der Waals surface area contributed by atoms with E-state index < -0.39 is 37.5 Å². The highest BCUT2D eigenvalue weighted by molar-refractivity contribution is 8.03. The van der Waals surface area contributed by atoms with Crippen LogP contribution in [0.5, 0.6) is 0 Å². The van der Waals surface area contributed by atoms with Crippen molar-refractivity contribution >= 4 is 26.2 Å². The van der Waals surface area contributed by atoms with Crippen LogP contribution in [0.1, 0.15) is 0 Å². The molecule has 0 aromatic rings. The average molecular weight is 249 g/mol. The van der Waals surface area contributed by atoms with Crippen molar-refractivity contribution in [2.75, 3.05) is 6.54 Å². The Kier molecular flexibility index (Phi) is 3.96. The van der Waals surface area contributed by atoms with Gasteiger partial charge in [-0.1, -0.05) is 0 Å². The zero-order chi connectivity index (χ0) is 11.6. The Morgan fingerprint density at radius 2 is 1.50 bits per heavy atom. The van der Waals surface area contributed by atoms with E-state index in [2.05, 4.69) is 0 Å². The van der Waals surface area contributed by atoms with Crippen molar-refractivity contribution in [2.24, 2.45) is 0 Å². The number of hydrogen-bond donors (Lipinski definition) is 4. The van der Waals surface area contributed by atoms with Crippen molar-refractivity contribution < 1.29 is 35.8 Å². The van der Waals surface area contributed by atoms with Crippen LogP contribution in [0.3, 0.4) is 0 Å². The highest BCUT2D eigenvalue weighted by Gasteiger charge is 2.35. The van der Waals surface area contributed by atoms with Crippen molar-refractivity contribution in [3.8, 4) is 0 Å². The summed E-state index contributed by atoms with van der Waals surface area (Å²) in [6.07, 6.45) is 0. The molecule has 0 bridgehead atoms. The number of carboxylic acids is 1. The van der Waals surface area contributed by atoms with Gasteiger partial charge in [-0.15, -0.1) is 0 Å². The lowest BCUT2D eigenvalue weighted by atomic mass is 10.7. The van der Waals surface area contributed by atoms with E-state index in [0.29, 0.717) is 0 Å². The molecule has 0 unspecified atom stereocenters. The second-order valence-corrected chi connectivity index (χ2v) is 5.44. The van der Waals surface area contributed by atoms with Crippen molar-refractivity contribution in [1.82, 2.24) is 5.32 Å². The molecule has 0 atom stereocenters. The Balaban J connectivity index is 4.88. The number of carbonyl (C=O) groups is 1. The molecule has 0 fully saturated rings. The van der Waals surface area contributed by atoms with E-state index in [1.165, 1.54) is 5.32 Å². The fraction of sp³-hybridized carbons (Fsp3) is 0.667. The molecule has 0 amide bonds. The van der Waals surface area contributed by atoms with E-state index in [1.807, 2.05) is 0 Å². The van der Waals surface area contributed by atoms with Gasteiger partial charge in [0.2, 0.25) is 0 Å². The van der Waals surface area contributed by atoms with Gasteiger partial charge >= 0.3 is 5.97 Å². The summed E-state index contributed by atoms with van der Waals surface area (Å²) < 4.78 is 55.3. The lowest BCUT2D eigenvalue weighted by Crippen LogP contribution is -2.44. The molecule has 0 spiro atoms. The van der Waals surface area contributed by atoms with Gasteiger partial charge in [0.15, 0.2) is 0 Å². The number of rotatable bonds is 5. The molecule has 0 aromatic carbocycles. The third-order valence-electron chi connectivity index (χ3n) is 0.961. The summed E-state index contributed by atoms with van der Waals surface area (Å²) in [6, 6.07) is 0. The lowest BCUT2D eigenvalue weighted by Gasteiger charge is -2.10. The van der Waals surface area contributed by atoms with Crippen LogP contribution in [0.15, 0.2) is 0 Å². The summed E-state index contributed by atoms with van der Waals surface area (Å²) in [6.45, 7) is -1.05. The van der Waals surface area contributed by atoms with Crippen LogP contribution in [-0.4, -0.2) is 48.3 Å². The zero-order valence-electron chi connectivity index (χ0n) is 6.48. The zero-order valence-corrected chi connectivity index (χ0v) is 8.12. The second-order valence-electron chi connectivity index (χ2n) is 2.14. The Morgan fingerprint density at radius 1 is 1.14 bits per heavy atom. The number of aliphatic carboxylic acids is 1. The highest BCUT2D eigenvalue weighted by Crippen LogP contribution is 2.02. The summed E-state index contributed by atoms with van der Waals surface area (Å²) >= 11 is 0. The predicted octanol–water partition coefficient (Wildman–Crippen LogP) is -2.28. The van der Waals surface area contributed by atoms with E-state index in [4.69, 9.17) is 14.2 Å². The van der Waals surface area contributed by atoms with Gasteiger partial charge in [0, 0.05) is 0 Å². The maximum absolute atomic E-state index is 10.4. The SMILES string of the molecule is O=C(O)CNC(S(=O)(=O)O)S(=O)(=O)O. The minimum atomic E-state index is -5.13. The normalized spacial score (nSPS) is 13.1. The number of hydrogen-bond acceptors (Lipinski definition) is 6. The number of carboxylic acid groups (broad SMARTS) is 1. The van der Waals surface area contributed by atoms with E-state index >= 15 is 0 Å². The fourth-order valence-corrected chi connectivity index (χ4v) is 2.35. The minimum absolute atomic E-state index is 1.05. The van der Waals surface area contributed by atoms with Gasteiger partial charge in [0.05, 0.1) is 6.54 Å². The first-order chi connectivity index (χ1) is 6.05. The largest absolute Gasteiger partial charge is 0.480 e. The molecule has 9 nitrogen and oxygen atoms in total. The van der Waals surface area contributed by atoms with Crippen LogP contribution < -0.4 is 5.32 Å². The van der Waals surface area contributed by atoms with Crippen LogP contribution in [-0.2, 0) is 25.0 Å². The smallest absolute Gasteiger partial charge is 0.317 e. The quantitative estimate of drug-likeness (QED) is 0.394. The van der Waals surface area contributed by atoms with Gasteiger partial charge in [0.25, 0.3) is 24.9 Å². The molecule has 14 heavy (non-hydrogen) atoms. The first kappa shape index (κ1) is 13.2. The van der Waals surface area contributed by atoms with Crippen LogP contribution in [0.4, 0.5) is 0 Å². The Morgan fingerprint density at radius 3 is 1.71 bits per heavy atom. The molecule has 0 aromatic heterocycles. The Bertz CT molecular complexity index is 374. The lowest BCUT2D eigenvalue weighted by molar-refractivity contribution is -0.135. The van der Waals surface area contributed by atoms with Crippen LogP contribution >= 0.6 is 0 Å². The summed E-state index contributed by atoms with van der Waals surface area (Å²) in [4.78, 5) is 9.94. The first-order valence-corrected chi connectivity index (χ1v) is 5.93. The maximum Gasteiger partial charge on any atom is 0.317 e. The van der Waals surface area contributed by atoms with Gasteiger partial charge in [-0.05, 0) is 0 Å². The topological polar surface area (TPSA) is 158 Å². The first-order valence-electron chi connectivity index (χ1n) is 2.93. The van der Waals surface area contributed by atoms with Gasteiger partial charge in [-0.3, -0.25) is 19.2 Å². The molecule has 0 aliphatic heterocycles. The molecule has 0 heterocycles. The Hall–Kier alpha value is -0.750. The average Bonchev–Trinajstić information content (AvgIpc) is 1.78. The van der Waals surface area contributed by atoms with E-state index in [1.54, 1.807) is 0 Å². The fourth-order valence-electron chi connectivity index (χ4n) is 0.535. The maximum atomic E-state index is 10.4. The summed E-state index contributed by atoms with van der Waals surface area (Å²) in [7, 11) is -10.3. The molecular formula is C3H7NO8S2. The standard InChI is InChI=1S/C3H7NO8S2/c5-2(6)1-4-3(13(7,8)9)14(10,11)12/h3-4H,1H2,(H,5,6)(H,7,8,9)(H,10,11,12). The van der Waals surface area contributed by atoms with E-state index in [-0.39, 0.29) is 0 Å². The number of nitrogens with one attached hydrogen (secondary N) is 1. The molecule has 11 heteroatoms. The van der Waals surface area contributed by atoms with Gasteiger partial charge in [-0.25, -0.2) is 0 Å². The van der Waals surface area contributed by atoms with E-state index in [9.17, 15) is 21.6 Å². The highest BCUT2D eigenvalue weighted by atomic mass is 32.3. The molecular weight excluding hydrogens is 242 g/mol. The monoisotopic (exact) mass is 249 g/mol. The third kappa shape index (κ3) is 4.48. The summed E-state index contributed by atoms with van der Waals surface area (Å²) in [5, 5.41) is 9.50. The third-order valence-corrected chi connectivity index (χ3v) is 3.84. The molecule has 4 N–H and O–H groups in total. The molecule has 84 valence electrons. The summed E-state index contributed by atoms with van der Waals surface area (Å²) in [5.74, 6) is -1.55. The minimum Gasteiger partial charge on any atom is -0.480 e. The Labute approximate surface area is 79.2 Å². The van der Waals surface area contributed by atoms with Gasteiger partial charge in [0.1, 0.15) is 0 Å². The molecule has 0 saturated heterocycles. The van der Waals surface area contributed by atoms with E-state index in [0.717, 1.165) is 0 Å².